The van der Waals surface area contributed by atoms with Crippen molar-refractivity contribution < 1.29 is 13.5 Å². The summed E-state index contributed by atoms with van der Waals surface area (Å²) in [7, 11) is 0. The zero-order valence-electron chi connectivity index (χ0n) is 18.9. The van der Waals surface area contributed by atoms with Crippen LogP contribution < -0.4 is 15.0 Å². The fourth-order valence-corrected chi connectivity index (χ4v) is 4.28. The van der Waals surface area contributed by atoms with Crippen LogP contribution in [0.2, 0.25) is 0 Å². The molecule has 8 heteroatoms. The van der Waals surface area contributed by atoms with Crippen molar-refractivity contribution in [2.45, 2.75) is 20.0 Å². The summed E-state index contributed by atoms with van der Waals surface area (Å²) in [5, 5.41) is 4.92. The summed E-state index contributed by atoms with van der Waals surface area (Å²) in [6.07, 6.45) is 6.99. The highest BCUT2D eigenvalue weighted by atomic mass is 19.1. The van der Waals surface area contributed by atoms with Crippen LogP contribution in [0.5, 0.6) is 6.01 Å². The van der Waals surface area contributed by atoms with E-state index in [4.69, 9.17) is 11.2 Å². The van der Waals surface area contributed by atoms with E-state index in [-0.39, 0.29) is 28.9 Å². The third-order valence-corrected chi connectivity index (χ3v) is 5.80. The molecule has 0 saturated carbocycles. The lowest BCUT2D eigenvalue weighted by molar-refractivity contribution is 0.223. The van der Waals surface area contributed by atoms with E-state index in [0.717, 1.165) is 13.1 Å². The quantitative estimate of drug-likeness (QED) is 0.459. The monoisotopic (exact) mass is 459 g/mol. The second-order valence-electron chi connectivity index (χ2n) is 8.39. The van der Waals surface area contributed by atoms with E-state index in [0.29, 0.717) is 40.6 Å². The molecule has 0 radical (unpaired) electrons. The lowest BCUT2D eigenvalue weighted by Crippen LogP contribution is -2.44. The Bertz CT molecular complexity index is 1440. The highest BCUT2D eigenvalue weighted by Gasteiger charge is 2.23. The number of nitrogens with one attached hydrogen (secondary N) is 1. The molecule has 0 atom stereocenters. The van der Waals surface area contributed by atoms with Crippen molar-refractivity contribution in [1.82, 2.24) is 20.3 Å². The van der Waals surface area contributed by atoms with Crippen LogP contribution in [0.25, 0.3) is 32.9 Å². The molecule has 1 saturated heterocycles. The lowest BCUT2D eigenvalue weighted by atomic mass is 9.96. The number of terminal acetylenes is 1. The molecule has 0 unspecified atom stereocenters. The Kier molecular flexibility index (Phi) is 5.72. The van der Waals surface area contributed by atoms with Crippen molar-refractivity contribution in [3.63, 3.8) is 0 Å². The molecule has 2 aromatic carbocycles. The Morgan fingerprint density at radius 3 is 2.65 bits per heavy atom. The van der Waals surface area contributed by atoms with Crippen LogP contribution in [-0.4, -0.2) is 47.2 Å². The van der Waals surface area contributed by atoms with Gasteiger partial charge < -0.3 is 15.0 Å². The molecular formula is C26H23F2N5O. The zero-order chi connectivity index (χ0) is 23.8. The maximum Gasteiger partial charge on any atom is 0.319 e. The first-order valence-corrected chi connectivity index (χ1v) is 11.1. The van der Waals surface area contributed by atoms with Gasteiger partial charge in [-0.2, -0.15) is 9.97 Å². The number of aromatic nitrogens is 3. The molecule has 1 aliphatic heterocycles. The summed E-state index contributed by atoms with van der Waals surface area (Å²) < 4.78 is 36.3. The molecule has 1 fully saturated rings. The molecule has 172 valence electrons. The largest absolute Gasteiger partial charge is 0.461 e. The van der Waals surface area contributed by atoms with Crippen LogP contribution in [0.4, 0.5) is 14.6 Å². The Balaban J connectivity index is 1.77. The summed E-state index contributed by atoms with van der Waals surface area (Å²) >= 11 is 0. The topological polar surface area (TPSA) is 63.2 Å². The Morgan fingerprint density at radius 1 is 1.12 bits per heavy atom. The van der Waals surface area contributed by atoms with Gasteiger partial charge in [0, 0.05) is 43.3 Å². The first-order chi connectivity index (χ1) is 16.5. The van der Waals surface area contributed by atoms with Gasteiger partial charge in [-0.1, -0.05) is 30.2 Å². The highest BCUT2D eigenvalue weighted by Crippen LogP contribution is 2.36. The predicted octanol–water partition coefficient (Wildman–Crippen LogP) is 4.30. The van der Waals surface area contributed by atoms with E-state index in [1.165, 1.54) is 6.07 Å². The van der Waals surface area contributed by atoms with Crippen LogP contribution in [0.1, 0.15) is 19.4 Å². The van der Waals surface area contributed by atoms with Crippen molar-refractivity contribution in [3.8, 4) is 29.6 Å². The number of piperazine rings is 1. The van der Waals surface area contributed by atoms with E-state index < -0.39 is 11.6 Å². The van der Waals surface area contributed by atoms with Gasteiger partial charge in [0.25, 0.3) is 0 Å². The molecule has 0 aliphatic carbocycles. The van der Waals surface area contributed by atoms with Gasteiger partial charge in [-0.05, 0) is 25.3 Å². The summed E-state index contributed by atoms with van der Waals surface area (Å²) in [5.74, 6) is 1.80. The van der Waals surface area contributed by atoms with Crippen molar-refractivity contribution in [2.24, 2.45) is 0 Å². The molecule has 0 bridgehead atoms. The standard InChI is InChI=1S/C26H23F2N5O/c1-4-17-20(27)9-8-16-6-5-7-18(21(16)17)23-22(28)24-19(14-30-23)25(33-12-10-29-11-13-33)32-26(31-24)34-15(2)3/h1,5-9,14-15,29H,10-13H2,2-3H3. The van der Waals surface area contributed by atoms with Crippen molar-refractivity contribution >= 4 is 27.5 Å². The van der Waals surface area contributed by atoms with Gasteiger partial charge in [0.15, 0.2) is 5.82 Å². The van der Waals surface area contributed by atoms with Gasteiger partial charge in [0.05, 0.1) is 17.1 Å². The van der Waals surface area contributed by atoms with E-state index in [2.05, 4.69) is 31.1 Å². The molecule has 1 aliphatic rings. The van der Waals surface area contributed by atoms with E-state index >= 15 is 4.39 Å². The maximum atomic E-state index is 16.1. The van der Waals surface area contributed by atoms with Gasteiger partial charge >= 0.3 is 6.01 Å². The molecule has 4 aromatic rings. The number of benzene rings is 2. The van der Waals surface area contributed by atoms with Gasteiger partial charge in [0.2, 0.25) is 0 Å². The van der Waals surface area contributed by atoms with Gasteiger partial charge in [-0.15, -0.1) is 6.42 Å². The number of ether oxygens (including phenoxy) is 1. The molecule has 1 N–H and O–H groups in total. The molecule has 2 aromatic heterocycles. The summed E-state index contributed by atoms with van der Waals surface area (Å²) in [5.41, 5.74) is 0.612. The van der Waals surface area contributed by atoms with Gasteiger partial charge in [0.1, 0.15) is 22.8 Å². The SMILES string of the molecule is C#Cc1c(F)ccc2cccc(-c3ncc4c(N5CCNCC5)nc(OC(C)C)nc4c3F)c12. The third kappa shape index (κ3) is 3.78. The van der Waals surface area contributed by atoms with Crippen LogP contribution >= 0.6 is 0 Å². The number of anilines is 1. The molecule has 0 spiro atoms. The maximum absolute atomic E-state index is 16.1. The van der Waals surface area contributed by atoms with Gasteiger partial charge in [-0.25, -0.2) is 8.78 Å². The second-order valence-corrected chi connectivity index (χ2v) is 8.39. The average Bonchev–Trinajstić information content (AvgIpc) is 2.84. The fraction of sp³-hybridized carbons (Fsp3) is 0.269. The number of nitrogens with zero attached hydrogens (tertiary/aromatic N) is 4. The van der Waals surface area contributed by atoms with Crippen molar-refractivity contribution in [2.75, 3.05) is 31.1 Å². The van der Waals surface area contributed by atoms with Crippen LogP contribution in [0, 0.1) is 24.0 Å². The van der Waals surface area contributed by atoms with E-state index in [1.54, 1.807) is 30.5 Å². The number of hydrogen-bond acceptors (Lipinski definition) is 6. The summed E-state index contributed by atoms with van der Waals surface area (Å²) in [4.78, 5) is 15.5. The highest BCUT2D eigenvalue weighted by molar-refractivity contribution is 6.02. The molecule has 34 heavy (non-hydrogen) atoms. The number of rotatable bonds is 4. The smallest absolute Gasteiger partial charge is 0.319 e. The minimum Gasteiger partial charge on any atom is -0.461 e. The zero-order valence-corrected chi connectivity index (χ0v) is 18.9. The van der Waals surface area contributed by atoms with Crippen molar-refractivity contribution in [3.05, 3.63) is 53.7 Å². The fourth-order valence-electron chi connectivity index (χ4n) is 4.28. The van der Waals surface area contributed by atoms with Gasteiger partial charge in [-0.3, -0.25) is 4.98 Å². The van der Waals surface area contributed by atoms with Crippen LogP contribution in [0.3, 0.4) is 0 Å². The second kappa shape index (κ2) is 8.84. The Labute approximate surface area is 196 Å². The number of halogens is 2. The van der Waals surface area contributed by atoms with Crippen molar-refractivity contribution in [1.29, 1.82) is 0 Å². The van der Waals surface area contributed by atoms with Crippen LogP contribution in [0.15, 0.2) is 36.5 Å². The summed E-state index contributed by atoms with van der Waals surface area (Å²) in [6.45, 7) is 6.72. The number of pyridine rings is 1. The minimum atomic E-state index is -0.635. The molecule has 6 nitrogen and oxygen atoms in total. The first kappa shape index (κ1) is 22.0. The average molecular weight is 460 g/mol. The molecule has 3 heterocycles. The minimum absolute atomic E-state index is 0.0423. The number of fused-ring (bicyclic) bond motifs is 2. The lowest BCUT2D eigenvalue weighted by Gasteiger charge is -2.29. The Morgan fingerprint density at radius 2 is 1.91 bits per heavy atom. The molecular weight excluding hydrogens is 436 g/mol. The van der Waals surface area contributed by atoms with Crippen LogP contribution in [-0.2, 0) is 0 Å². The molecule has 0 amide bonds. The van der Waals surface area contributed by atoms with E-state index in [1.807, 2.05) is 13.8 Å². The number of hydrogen-bond donors (Lipinski definition) is 1. The predicted molar refractivity (Wildman–Crippen MR) is 129 cm³/mol. The Hall–Kier alpha value is -3.83. The molecule has 5 rings (SSSR count). The van der Waals surface area contributed by atoms with E-state index in [9.17, 15) is 4.39 Å². The first-order valence-electron chi connectivity index (χ1n) is 11.1. The summed E-state index contributed by atoms with van der Waals surface area (Å²) in [6, 6.07) is 8.28. The third-order valence-electron chi connectivity index (χ3n) is 5.80. The normalized spacial score (nSPS) is 14.1.